The molecule has 2 aromatic rings. The molecule has 0 aromatic heterocycles. The molecule has 1 fully saturated rings. The second-order valence-corrected chi connectivity index (χ2v) is 6.70. The van der Waals surface area contributed by atoms with Crippen molar-refractivity contribution in [2.45, 2.75) is 6.42 Å². The minimum atomic E-state index is 0. The molecular weight excluding hydrogens is 369 g/mol. The molecule has 1 N–H and O–H groups in total. The number of benzene rings is 2. The molecule has 1 saturated heterocycles. The molecule has 0 aliphatic carbocycles. The highest BCUT2D eigenvalue weighted by molar-refractivity contribution is 6.30. The van der Waals surface area contributed by atoms with Crippen molar-refractivity contribution in [3.63, 3.8) is 0 Å². The molecule has 0 bridgehead atoms. The van der Waals surface area contributed by atoms with Crippen LogP contribution >= 0.6 is 24.0 Å². The molecule has 3 rings (SSSR count). The average molecular weight is 394 g/mol. The van der Waals surface area contributed by atoms with Crippen molar-refractivity contribution in [3.05, 3.63) is 64.7 Å². The first kappa shape index (κ1) is 20.6. The largest absolute Gasteiger partial charge is 0.368 e. The number of nitrogens with zero attached hydrogens (tertiary/aromatic N) is 2. The van der Waals surface area contributed by atoms with E-state index in [9.17, 15) is 4.79 Å². The van der Waals surface area contributed by atoms with Crippen LogP contribution < -0.4 is 10.2 Å². The van der Waals surface area contributed by atoms with Crippen LogP contribution in [0.25, 0.3) is 0 Å². The van der Waals surface area contributed by atoms with Crippen molar-refractivity contribution in [2.24, 2.45) is 0 Å². The van der Waals surface area contributed by atoms with E-state index < -0.39 is 0 Å². The Morgan fingerprint density at radius 1 is 1.04 bits per heavy atom. The number of rotatable bonds is 5. The van der Waals surface area contributed by atoms with E-state index in [1.54, 1.807) is 0 Å². The summed E-state index contributed by atoms with van der Waals surface area (Å²) < 4.78 is 0. The number of amides is 1. The van der Waals surface area contributed by atoms with Gasteiger partial charge in [-0.3, -0.25) is 4.79 Å². The predicted octanol–water partition coefficient (Wildman–Crippen LogP) is 3.49. The van der Waals surface area contributed by atoms with Crippen LogP contribution in [0, 0.1) is 0 Å². The summed E-state index contributed by atoms with van der Waals surface area (Å²) in [6.07, 6.45) is 0.864. The Morgan fingerprint density at radius 3 is 2.35 bits per heavy atom. The second kappa shape index (κ2) is 9.81. The summed E-state index contributed by atoms with van der Waals surface area (Å²) in [6, 6.07) is 15.8. The highest BCUT2D eigenvalue weighted by Gasteiger charge is 2.23. The van der Waals surface area contributed by atoms with E-state index in [0.717, 1.165) is 61.0 Å². The van der Waals surface area contributed by atoms with Gasteiger partial charge in [-0.1, -0.05) is 29.8 Å². The molecule has 1 aliphatic rings. The van der Waals surface area contributed by atoms with Crippen LogP contribution in [-0.4, -0.2) is 50.6 Å². The fourth-order valence-corrected chi connectivity index (χ4v) is 3.32. The van der Waals surface area contributed by atoms with Gasteiger partial charge in [0, 0.05) is 42.5 Å². The highest BCUT2D eigenvalue weighted by Crippen LogP contribution is 2.20. The summed E-state index contributed by atoms with van der Waals surface area (Å²) in [6.45, 7) is 4.02. The Kier molecular flexibility index (Phi) is 7.76. The zero-order valence-corrected chi connectivity index (χ0v) is 16.5. The van der Waals surface area contributed by atoms with Crippen molar-refractivity contribution < 1.29 is 4.79 Å². The van der Waals surface area contributed by atoms with Gasteiger partial charge in [0.2, 0.25) is 0 Å². The molecule has 1 aliphatic heterocycles. The van der Waals surface area contributed by atoms with Gasteiger partial charge in [-0.2, -0.15) is 0 Å². The van der Waals surface area contributed by atoms with E-state index >= 15 is 0 Å². The van der Waals surface area contributed by atoms with Gasteiger partial charge in [0.25, 0.3) is 5.91 Å². The molecule has 1 amide bonds. The maximum atomic E-state index is 12.9. The Hall–Kier alpha value is -1.75. The Bertz CT molecular complexity index is 713. The molecule has 0 atom stereocenters. The molecule has 0 saturated carbocycles. The van der Waals surface area contributed by atoms with Gasteiger partial charge in [-0.25, -0.2) is 0 Å². The summed E-state index contributed by atoms with van der Waals surface area (Å²) in [4.78, 5) is 17.2. The highest BCUT2D eigenvalue weighted by atomic mass is 35.5. The third-order valence-electron chi connectivity index (χ3n) is 4.65. The lowest BCUT2D eigenvalue weighted by molar-refractivity contribution is 0.0745. The Balaban J connectivity index is 0.00000243. The minimum absolute atomic E-state index is 0. The van der Waals surface area contributed by atoms with E-state index in [4.69, 9.17) is 11.6 Å². The molecule has 140 valence electrons. The van der Waals surface area contributed by atoms with Crippen molar-refractivity contribution >= 4 is 35.6 Å². The number of likely N-dealkylation sites (N-methyl/N-ethyl adjacent to an activating group) is 1. The van der Waals surface area contributed by atoms with Crippen LogP contribution in [0.1, 0.15) is 15.9 Å². The number of piperazine rings is 1. The zero-order valence-electron chi connectivity index (χ0n) is 15.0. The fourth-order valence-electron chi connectivity index (χ4n) is 3.20. The number of halogens is 2. The van der Waals surface area contributed by atoms with Crippen molar-refractivity contribution in [1.29, 1.82) is 0 Å². The van der Waals surface area contributed by atoms with Crippen LogP contribution in [0.3, 0.4) is 0 Å². The Morgan fingerprint density at radius 2 is 1.69 bits per heavy atom. The maximum absolute atomic E-state index is 12.9. The van der Waals surface area contributed by atoms with E-state index in [1.807, 2.05) is 54.4 Å². The Labute approximate surface area is 166 Å². The van der Waals surface area contributed by atoms with E-state index in [-0.39, 0.29) is 18.3 Å². The topological polar surface area (TPSA) is 35.6 Å². The molecule has 0 radical (unpaired) electrons. The first-order chi connectivity index (χ1) is 12.2. The molecule has 6 heteroatoms. The molecule has 0 spiro atoms. The third-order valence-corrected chi connectivity index (χ3v) is 4.90. The summed E-state index contributed by atoms with van der Waals surface area (Å²) >= 11 is 5.96. The van der Waals surface area contributed by atoms with Crippen LogP contribution in [-0.2, 0) is 6.42 Å². The number of nitrogens with one attached hydrogen (secondary N) is 1. The average Bonchev–Trinajstić information content (AvgIpc) is 2.67. The van der Waals surface area contributed by atoms with Crippen LogP contribution in [0.4, 0.5) is 5.69 Å². The van der Waals surface area contributed by atoms with Gasteiger partial charge in [-0.15, -0.1) is 12.4 Å². The van der Waals surface area contributed by atoms with Gasteiger partial charge in [-0.05, 0) is 55.9 Å². The monoisotopic (exact) mass is 393 g/mol. The second-order valence-electron chi connectivity index (χ2n) is 6.27. The van der Waals surface area contributed by atoms with Gasteiger partial charge in [0.15, 0.2) is 0 Å². The van der Waals surface area contributed by atoms with Crippen molar-refractivity contribution in [3.8, 4) is 0 Å². The molecule has 26 heavy (non-hydrogen) atoms. The maximum Gasteiger partial charge on any atom is 0.254 e. The van der Waals surface area contributed by atoms with Gasteiger partial charge in [0.05, 0.1) is 0 Å². The van der Waals surface area contributed by atoms with Crippen molar-refractivity contribution in [1.82, 2.24) is 10.2 Å². The number of hydrogen-bond donors (Lipinski definition) is 1. The number of anilines is 1. The lowest BCUT2D eigenvalue weighted by Crippen LogP contribution is -2.49. The normalized spacial score (nSPS) is 14.1. The molecular formula is C20H25Cl2N3O. The lowest BCUT2D eigenvalue weighted by atomic mass is 10.0. The SMILES string of the molecule is CNCCc1ccccc1C(=O)N1CCN(c2ccc(Cl)cc2)CC1.Cl. The first-order valence-electron chi connectivity index (χ1n) is 8.71. The van der Waals surface area contributed by atoms with E-state index in [1.165, 1.54) is 0 Å². The standard InChI is InChI=1S/C20H24ClN3O.ClH/c1-22-11-10-16-4-2-3-5-19(16)20(25)24-14-12-23(13-15-24)18-8-6-17(21)7-9-18;/h2-9,22H,10-15H2,1H3;1H. The van der Waals surface area contributed by atoms with Crippen LogP contribution in [0.5, 0.6) is 0 Å². The zero-order chi connectivity index (χ0) is 17.6. The minimum Gasteiger partial charge on any atom is -0.368 e. The summed E-state index contributed by atoms with van der Waals surface area (Å²) in [5.74, 6) is 0.141. The van der Waals surface area contributed by atoms with Crippen molar-refractivity contribution in [2.75, 3.05) is 44.7 Å². The molecule has 0 unspecified atom stereocenters. The van der Waals surface area contributed by atoms with Gasteiger partial charge >= 0.3 is 0 Å². The molecule has 1 heterocycles. The van der Waals surface area contributed by atoms with Crippen LogP contribution in [0.15, 0.2) is 48.5 Å². The number of hydrogen-bond acceptors (Lipinski definition) is 3. The van der Waals surface area contributed by atoms with Gasteiger partial charge in [0.1, 0.15) is 0 Å². The summed E-state index contributed by atoms with van der Waals surface area (Å²) in [5.41, 5.74) is 3.10. The quantitative estimate of drug-likeness (QED) is 0.844. The molecule has 2 aromatic carbocycles. The lowest BCUT2D eigenvalue weighted by Gasteiger charge is -2.36. The predicted molar refractivity (Wildman–Crippen MR) is 111 cm³/mol. The number of carbonyl (C=O) groups excluding carboxylic acids is 1. The summed E-state index contributed by atoms with van der Waals surface area (Å²) in [7, 11) is 1.93. The van der Waals surface area contributed by atoms with Gasteiger partial charge < -0.3 is 15.1 Å². The third kappa shape index (κ3) is 4.91. The fraction of sp³-hybridized carbons (Fsp3) is 0.350. The molecule has 4 nitrogen and oxygen atoms in total. The smallest absolute Gasteiger partial charge is 0.254 e. The number of carbonyl (C=O) groups is 1. The summed E-state index contributed by atoms with van der Waals surface area (Å²) in [5, 5.41) is 3.89. The van der Waals surface area contributed by atoms with E-state index in [2.05, 4.69) is 16.3 Å². The van der Waals surface area contributed by atoms with E-state index in [0.29, 0.717) is 0 Å². The first-order valence-corrected chi connectivity index (χ1v) is 9.09. The van der Waals surface area contributed by atoms with Crippen LogP contribution in [0.2, 0.25) is 5.02 Å².